The monoisotopic (exact) mass is 321 g/mol. The van der Waals surface area contributed by atoms with Crippen molar-refractivity contribution in [3.05, 3.63) is 76.0 Å². The Morgan fingerprint density at radius 1 is 0.958 bits per heavy atom. The third-order valence-electron chi connectivity index (χ3n) is 4.09. The zero-order valence-electron chi connectivity index (χ0n) is 13.2. The number of aryl methyl sites for hydroxylation is 1. The van der Waals surface area contributed by atoms with E-state index in [1.165, 1.54) is 12.1 Å². The van der Waals surface area contributed by atoms with E-state index in [4.69, 9.17) is 5.11 Å². The molecule has 0 saturated carbocycles. The van der Waals surface area contributed by atoms with E-state index < -0.39 is 5.97 Å². The van der Waals surface area contributed by atoms with E-state index in [0.717, 1.165) is 0 Å². The minimum atomic E-state index is -1.02. The van der Waals surface area contributed by atoms with Crippen LogP contribution in [0.2, 0.25) is 0 Å². The number of carboxylic acid groups (broad SMARTS) is 1. The number of hydrogen-bond donors (Lipinski definition) is 2. The van der Waals surface area contributed by atoms with Crippen molar-refractivity contribution in [2.45, 2.75) is 13.8 Å². The SMILES string of the molecule is CC1=C(Nc2ccc(C(=O)O)cc2C)C(=O)c2ccccc2C1=O. The predicted molar refractivity (Wildman–Crippen MR) is 89.6 cm³/mol. The van der Waals surface area contributed by atoms with Gasteiger partial charge < -0.3 is 10.4 Å². The van der Waals surface area contributed by atoms with Gasteiger partial charge in [0.1, 0.15) is 0 Å². The number of Topliss-reactive ketones (excluding diaryl/α,β-unsaturated/α-hetero) is 2. The second-order valence-electron chi connectivity index (χ2n) is 5.66. The quantitative estimate of drug-likeness (QED) is 0.904. The Kier molecular flexibility index (Phi) is 3.77. The van der Waals surface area contributed by atoms with Gasteiger partial charge in [0, 0.05) is 22.4 Å². The summed E-state index contributed by atoms with van der Waals surface area (Å²) in [5.74, 6) is -1.45. The zero-order chi connectivity index (χ0) is 17.4. The molecule has 2 aromatic rings. The van der Waals surface area contributed by atoms with Gasteiger partial charge in [0.05, 0.1) is 11.3 Å². The maximum absolute atomic E-state index is 12.7. The number of rotatable bonds is 3. The molecule has 0 aromatic heterocycles. The van der Waals surface area contributed by atoms with Gasteiger partial charge in [-0.2, -0.15) is 0 Å². The average molecular weight is 321 g/mol. The van der Waals surface area contributed by atoms with Crippen LogP contribution in [0.3, 0.4) is 0 Å². The number of carbonyl (C=O) groups is 3. The maximum atomic E-state index is 12.7. The fourth-order valence-corrected chi connectivity index (χ4v) is 2.72. The third-order valence-corrected chi connectivity index (χ3v) is 4.09. The van der Waals surface area contributed by atoms with Gasteiger partial charge in [-0.3, -0.25) is 9.59 Å². The maximum Gasteiger partial charge on any atom is 0.335 e. The van der Waals surface area contributed by atoms with Crippen LogP contribution < -0.4 is 5.32 Å². The van der Waals surface area contributed by atoms with Crippen LogP contribution in [0.5, 0.6) is 0 Å². The molecule has 0 saturated heterocycles. The number of fused-ring (bicyclic) bond motifs is 1. The largest absolute Gasteiger partial charge is 0.478 e. The number of carbonyl (C=O) groups excluding carboxylic acids is 2. The Labute approximate surface area is 138 Å². The first-order valence-electron chi connectivity index (χ1n) is 7.40. The van der Waals surface area contributed by atoms with Gasteiger partial charge in [0.15, 0.2) is 5.78 Å². The van der Waals surface area contributed by atoms with Crippen molar-refractivity contribution in [1.29, 1.82) is 0 Å². The molecule has 5 nitrogen and oxygen atoms in total. The number of hydrogen-bond acceptors (Lipinski definition) is 4. The third kappa shape index (κ3) is 2.50. The standard InChI is InChI=1S/C19H15NO4/c1-10-9-12(19(23)24)7-8-15(10)20-16-11(2)17(21)13-5-3-4-6-14(13)18(16)22/h3-9,20H,1-2H3,(H,23,24). The highest BCUT2D eigenvalue weighted by molar-refractivity contribution is 6.27. The number of nitrogens with one attached hydrogen (secondary N) is 1. The summed E-state index contributed by atoms with van der Waals surface area (Å²) in [6.07, 6.45) is 0. The van der Waals surface area contributed by atoms with E-state index in [1.807, 2.05) is 0 Å². The molecule has 0 bridgehead atoms. The van der Waals surface area contributed by atoms with Crippen LogP contribution in [0.4, 0.5) is 5.69 Å². The number of anilines is 1. The smallest absolute Gasteiger partial charge is 0.335 e. The van der Waals surface area contributed by atoms with E-state index in [9.17, 15) is 14.4 Å². The van der Waals surface area contributed by atoms with E-state index in [2.05, 4.69) is 5.32 Å². The van der Waals surface area contributed by atoms with E-state index in [0.29, 0.717) is 28.0 Å². The first-order chi connectivity index (χ1) is 11.4. The number of aromatic carboxylic acids is 1. The molecular formula is C19H15NO4. The molecule has 0 aliphatic heterocycles. The summed E-state index contributed by atoms with van der Waals surface area (Å²) in [6.45, 7) is 3.35. The van der Waals surface area contributed by atoms with Crippen molar-refractivity contribution in [2.24, 2.45) is 0 Å². The predicted octanol–water partition coefficient (Wildman–Crippen LogP) is 3.46. The van der Waals surface area contributed by atoms with Crippen LogP contribution in [-0.4, -0.2) is 22.6 Å². The van der Waals surface area contributed by atoms with Gasteiger partial charge in [0.2, 0.25) is 5.78 Å². The Morgan fingerprint density at radius 2 is 1.58 bits per heavy atom. The van der Waals surface area contributed by atoms with Crippen molar-refractivity contribution >= 4 is 23.2 Å². The van der Waals surface area contributed by atoms with Crippen LogP contribution >= 0.6 is 0 Å². The highest BCUT2D eigenvalue weighted by Gasteiger charge is 2.29. The molecule has 120 valence electrons. The van der Waals surface area contributed by atoms with E-state index in [1.54, 1.807) is 44.2 Å². The van der Waals surface area contributed by atoms with Crippen molar-refractivity contribution in [1.82, 2.24) is 0 Å². The summed E-state index contributed by atoms with van der Waals surface area (Å²) in [5, 5.41) is 12.0. The molecule has 0 heterocycles. The number of benzene rings is 2. The zero-order valence-corrected chi connectivity index (χ0v) is 13.2. The summed E-state index contributed by atoms with van der Waals surface area (Å²) in [6, 6.07) is 11.3. The minimum absolute atomic E-state index is 0.167. The average Bonchev–Trinajstić information content (AvgIpc) is 2.57. The Morgan fingerprint density at radius 3 is 2.17 bits per heavy atom. The number of carboxylic acids is 1. The van der Waals surface area contributed by atoms with Gasteiger partial charge in [-0.25, -0.2) is 4.79 Å². The molecule has 0 atom stereocenters. The summed E-state index contributed by atoms with van der Waals surface area (Å²) in [7, 11) is 0. The first kappa shape index (κ1) is 15.7. The second kappa shape index (κ2) is 5.77. The fourth-order valence-electron chi connectivity index (χ4n) is 2.72. The first-order valence-corrected chi connectivity index (χ1v) is 7.40. The molecule has 0 spiro atoms. The molecule has 24 heavy (non-hydrogen) atoms. The normalized spacial score (nSPS) is 13.8. The molecule has 1 aliphatic rings. The second-order valence-corrected chi connectivity index (χ2v) is 5.66. The molecule has 0 radical (unpaired) electrons. The van der Waals surface area contributed by atoms with Crippen LogP contribution in [0.15, 0.2) is 53.7 Å². The lowest BCUT2D eigenvalue weighted by atomic mass is 9.87. The molecule has 0 amide bonds. The van der Waals surface area contributed by atoms with Gasteiger partial charge in [-0.1, -0.05) is 24.3 Å². The number of allylic oxidation sites excluding steroid dienone is 2. The van der Waals surface area contributed by atoms with Crippen molar-refractivity contribution < 1.29 is 19.5 Å². The molecule has 5 heteroatoms. The summed E-state index contributed by atoms with van der Waals surface area (Å²) in [4.78, 5) is 36.2. The Balaban J connectivity index is 2.01. The van der Waals surface area contributed by atoms with Gasteiger partial charge in [-0.15, -0.1) is 0 Å². The molecule has 1 aliphatic carbocycles. The van der Waals surface area contributed by atoms with Crippen LogP contribution in [0.1, 0.15) is 43.6 Å². The van der Waals surface area contributed by atoms with Gasteiger partial charge in [-0.05, 0) is 37.6 Å². The van der Waals surface area contributed by atoms with Crippen molar-refractivity contribution in [2.75, 3.05) is 5.32 Å². The minimum Gasteiger partial charge on any atom is -0.478 e. The molecular weight excluding hydrogens is 306 g/mol. The van der Waals surface area contributed by atoms with Crippen LogP contribution in [0, 0.1) is 6.92 Å². The summed E-state index contributed by atoms with van der Waals surface area (Å²) in [5.41, 5.74) is 2.79. The lowest BCUT2D eigenvalue weighted by Crippen LogP contribution is -2.25. The Hall–Kier alpha value is -3.21. The van der Waals surface area contributed by atoms with Gasteiger partial charge in [0.25, 0.3) is 0 Å². The highest BCUT2D eigenvalue weighted by atomic mass is 16.4. The summed E-state index contributed by atoms with van der Waals surface area (Å²) >= 11 is 0. The molecule has 2 aromatic carbocycles. The number of ketones is 2. The van der Waals surface area contributed by atoms with Gasteiger partial charge >= 0.3 is 5.97 Å². The lowest BCUT2D eigenvalue weighted by Gasteiger charge is -2.21. The lowest BCUT2D eigenvalue weighted by molar-refractivity contribution is 0.0696. The molecule has 0 fully saturated rings. The van der Waals surface area contributed by atoms with E-state index >= 15 is 0 Å². The van der Waals surface area contributed by atoms with Crippen molar-refractivity contribution in [3.8, 4) is 0 Å². The summed E-state index contributed by atoms with van der Waals surface area (Å²) < 4.78 is 0. The van der Waals surface area contributed by atoms with E-state index in [-0.39, 0.29) is 22.8 Å². The Bertz CT molecular complexity index is 925. The molecule has 3 rings (SSSR count). The molecule has 2 N–H and O–H groups in total. The fraction of sp³-hybridized carbons (Fsp3) is 0.105. The van der Waals surface area contributed by atoms with Crippen LogP contribution in [-0.2, 0) is 0 Å². The van der Waals surface area contributed by atoms with Crippen molar-refractivity contribution in [3.63, 3.8) is 0 Å². The van der Waals surface area contributed by atoms with Crippen LogP contribution in [0.25, 0.3) is 0 Å². The highest BCUT2D eigenvalue weighted by Crippen LogP contribution is 2.28. The topological polar surface area (TPSA) is 83.5 Å². The molecule has 0 unspecified atom stereocenters.